The second-order valence-electron chi connectivity index (χ2n) is 5.87. The summed E-state index contributed by atoms with van der Waals surface area (Å²) in [5.41, 5.74) is 0.935. The molecule has 25 heavy (non-hydrogen) atoms. The van der Waals surface area contributed by atoms with E-state index in [9.17, 15) is 4.79 Å². The zero-order valence-corrected chi connectivity index (χ0v) is 13.9. The molecule has 1 fully saturated rings. The molecule has 0 radical (unpaired) electrons. The molecule has 1 saturated heterocycles. The monoisotopic (exact) mass is 338 g/mol. The van der Waals surface area contributed by atoms with Gasteiger partial charge in [0.2, 0.25) is 5.95 Å². The summed E-state index contributed by atoms with van der Waals surface area (Å²) >= 11 is 0. The fourth-order valence-corrected chi connectivity index (χ4v) is 2.83. The number of amides is 1. The number of hydrogen-bond acceptors (Lipinski definition) is 6. The van der Waals surface area contributed by atoms with Gasteiger partial charge in [0.1, 0.15) is 0 Å². The van der Waals surface area contributed by atoms with Gasteiger partial charge in [0.25, 0.3) is 5.91 Å². The molecular formula is C17H18N6O2. The average molecular weight is 338 g/mol. The van der Waals surface area contributed by atoms with Crippen molar-refractivity contribution in [3.63, 3.8) is 0 Å². The van der Waals surface area contributed by atoms with Crippen LogP contribution in [0.2, 0.25) is 0 Å². The van der Waals surface area contributed by atoms with Crippen LogP contribution in [0.4, 0.5) is 5.95 Å². The van der Waals surface area contributed by atoms with Gasteiger partial charge in [0.05, 0.1) is 12.0 Å². The van der Waals surface area contributed by atoms with Crippen LogP contribution in [0.15, 0.2) is 47.3 Å². The fraction of sp³-hybridized carbons (Fsp3) is 0.294. The third-order valence-electron chi connectivity index (χ3n) is 4.17. The maximum Gasteiger partial charge on any atom is 0.289 e. The molecule has 1 aliphatic rings. The fourth-order valence-electron chi connectivity index (χ4n) is 2.83. The number of aryl methyl sites for hydroxylation is 1. The standard InChI is InChI=1S/C17H18N6O2/c1-13-5-7-23(20-13)15-4-6-18-17(19-15)22-10-8-21(9-11-22)16(24)14-3-2-12-25-14/h2-7,12H,8-11H2,1H3. The summed E-state index contributed by atoms with van der Waals surface area (Å²) in [6, 6.07) is 7.17. The third-order valence-corrected chi connectivity index (χ3v) is 4.17. The Morgan fingerprint density at radius 2 is 2.00 bits per heavy atom. The van der Waals surface area contributed by atoms with E-state index in [4.69, 9.17) is 4.42 Å². The second-order valence-corrected chi connectivity index (χ2v) is 5.87. The Labute approximate surface area is 144 Å². The van der Waals surface area contributed by atoms with E-state index in [2.05, 4.69) is 20.0 Å². The highest BCUT2D eigenvalue weighted by atomic mass is 16.3. The lowest BCUT2D eigenvalue weighted by atomic mass is 10.3. The van der Waals surface area contributed by atoms with Gasteiger partial charge in [-0.25, -0.2) is 9.67 Å². The molecule has 0 aliphatic carbocycles. The lowest BCUT2D eigenvalue weighted by Crippen LogP contribution is -2.49. The Balaban J connectivity index is 1.45. The summed E-state index contributed by atoms with van der Waals surface area (Å²) in [4.78, 5) is 25.1. The van der Waals surface area contributed by atoms with Crippen molar-refractivity contribution in [2.24, 2.45) is 0 Å². The van der Waals surface area contributed by atoms with E-state index in [0.29, 0.717) is 37.9 Å². The normalized spacial score (nSPS) is 14.8. The average Bonchev–Trinajstić information content (AvgIpc) is 3.33. The molecule has 0 atom stereocenters. The van der Waals surface area contributed by atoms with Crippen LogP contribution in [0.1, 0.15) is 16.2 Å². The van der Waals surface area contributed by atoms with Crippen molar-refractivity contribution in [1.29, 1.82) is 0 Å². The van der Waals surface area contributed by atoms with Crippen molar-refractivity contribution in [3.8, 4) is 5.82 Å². The van der Waals surface area contributed by atoms with Crippen LogP contribution in [0.3, 0.4) is 0 Å². The van der Waals surface area contributed by atoms with Crippen LogP contribution < -0.4 is 4.90 Å². The van der Waals surface area contributed by atoms with Crippen LogP contribution >= 0.6 is 0 Å². The third kappa shape index (κ3) is 3.10. The minimum atomic E-state index is -0.0775. The van der Waals surface area contributed by atoms with Crippen molar-refractivity contribution in [2.45, 2.75) is 6.92 Å². The Morgan fingerprint density at radius 1 is 1.16 bits per heavy atom. The number of hydrogen-bond donors (Lipinski definition) is 0. The lowest BCUT2D eigenvalue weighted by molar-refractivity contribution is 0.0714. The Morgan fingerprint density at radius 3 is 2.68 bits per heavy atom. The highest BCUT2D eigenvalue weighted by Crippen LogP contribution is 2.15. The largest absolute Gasteiger partial charge is 0.459 e. The molecule has 3 aromatic heterocycles. The van der Waals surface area contributed by atoms with E-state index in [1.54, 1.807) is 27.9 Å². The summed E-state index contributed by atoms with van der Waals surface area (Å²) in [7, 11) is 0. The Kier molecular flexibility index (Phi) is 3.93. The molecule has 8 heteroatoms. The van der Waals surface area contributed by atoms with Gasteiger partial charge in [-0.1, -0.05) is 0 Å². The van der Waals surface area contributed by atoms with Crippen molar-refractivity contribution in [1.82, 2.24) is 24.6 Å². The first-order valence-electron chi connectivity index (χ1n) is 8.14. The van der Waals surface area contributed by atoms with E-state index in [-0.39, 0.29) is 5.91 Å². The van der Waals surface area contributed by atoms with Crippen LogP contribution in [0.25, 0.3) is 5.82 Å². The molecule has 1 amide bonds. The maximum atomic E-state index is 12.3. The van der Waals surface area contributed by atoms with E-state index in [1.807, 2.05) is 25.3 Å². The number of aromatic nitrogens is 4. The van der Waals surface area contributed by atoms with Gasteiger partial charge >= 0.3 is 0 Å². The molecule has 128 valence electrons. The van der Waals surface area contributed by atoms with Crippen LogP contribution in [0.5, 0.6) is 0 Å². The molecule has 0 spiro atoms. The number of carbonyl (C=O) groups excluding carboxylic acids is 1. The number of anilines is 1. The highest BCUT2D eigenvalue weighted by Gasteiger charge is 2.25. The van der Waals surface area contributed by atoms with Gasteiger partial charge < -0.3 is 14.2 Å². The SMILES string of the molecule is Cc1ccn(-c2ccnc(N3CCN(C(=O)c4ccco4)CC3)n2)n1. The molecule has 4 rings (SSSR count). The van der Waals surface area contributed by atoms with Crippen LogP contribution in [0, 0.1) is 6.92 Å². The Bertz CT molecular complexity index is 865. The summed E-state index contributed by atoms with van der Waals surface area (Å²) in [5.74, 6) is 1.68. The van der Waals surface area contributed by atoms with E-state index < -0.39 is 0 Å². The topological polar surface area (TPSA) is 80.3 Å². The van der Waals surface area contributed by atoms with E-state index in [0.717, 1.165) is 11.5 Å². The molecule has 0 bridgehead atoms. The zero-order valence-electron chi connectivity index (χ0n) is 13.9. The molecule has 3 aromatic rings. The van der Waals surface area contributed by atoms with Gasteiger partial charge in [-0.15, -0.1) is 0 Å². The second kappa shape index (κ2) is 6.39. The minimum Gasteiger partial charge on any atom is -0.459 e. The minimum absolute atomic E-state index is 0.0775. The van der Waals surface area contributed by atoms with Crippen molar-refractivity contribution in [3.05, 3.63) is 54.4 Å². The molecule has 0 aromatic carbocycles. The number of piperazine rings is 1. The molecule has 8 nitrogen and oxygen atoms in total. The molecule has 0 saturated carbocycles. The molecule has 4 heterocycles. The highest BCUT2D eigenvalue weighted by molar-refractivity contribution is 5.91. The van der Waals surface area contributed by atoms with Crippen LogP contribution in [-0.4, -0.2) is 56.7 Å². The first kappa shape index (κ1) is 15.4. The smallest absolute Gasteiger partial charge is 0.289 e. The predicted molar refractivity (Wildman–Crippen MR) is 90.7 cm³/mol. The summed E-state index contributed by atoms with van der Waals surface area (Å²) in [6.45, 7) is 4.50. The maximum absolute atomic E-state index is 12.3. The van der Waals surface area contributed by atoms with Gasteiger partial charge in [-0.2, -0.15) is 10.1 Å². The zero-order chi connectivity index (χ0) is 17.2. The first-order valence-corrected chi connectivity index (χ1v) is 8.14. The Hall–Kier alpha value is -3.16. The first-order chi connectivity index (χ1) is 12.2. The van der Waals surface area contributed by atoms with Gasteiger partial charge in [-0.3, -0.25) is 4.79 Å². The summed E-state index contributed by atoms with van der Waals surface area (Å²) in [5, 5.41) is 4.38. The van der Waals surface area contributed by atoms with E-state index in [1.165, 1.54) is 6.26 Å². The van der Waals surface area contributed by atoms with Crippen molar-refractivity contribution in [2.75, 3.05) is 31.1 Å². The molecule has 0 N–H and O–H groups in total. The summed E-state index contributed by atoms with van der Waals surface area (Å²) < 4.78 is 6.92. The van der Waals surface area contributed by atoms with Gasteiger partial charge in [0, 0.05) is 44.6 Å². The van der Waals surface area contributed by atoms with E-state index >= 15 is 0 Å². The van der Waals surface area contributed by atoms with Gasteiger partial charge in [0.15, 0.2) is 11.6 Å². The van der Waals surface area contributed by atoms with Gasteiger partial charge in [-0.05, 0) is 25.1 Å². The quantitative estimate of drug-likeness (QED) is 0.720. The van der Waals surface area contributed by atoms with Crippen molar-refractivity contribution >= 4 is 11.9 Å². The lowest BCUT2D eigenvalue weighted by Gasteiger charge is -2.34. The molecule has 0 unspecified atom stereocenters. The van der Waals surface area contributed by atoms with Crippen LogP contribution in [-0.2, 0) is 0 Å². The number of rotatable bonds is 3. The number of carbonyl (C=O) groups is 1. The molecule has 1 aliphatic heterocycles. The number of furan rings is 1. The molecular weight excluding hydrogens is 320 g/mol. The summed E-state index contributed by atoms with van der Waals surface area (Å²) in [6.07, 6.45) is 5.12. The van der Waals surface area contributed by atoms with Crippen molar-refractivity contribution < 1.29 is 9.21 Å². The predicted octanol–water partition coefficient (Wildman–Crippen LogP) is 1.53. The number of nitrogens with zero attached hydrogens (tertiary/aromatic N) is 6.